The average Bonchev–Trinajstić information content (AvgIpc) is 3.04. The first kappa shape index (κ1) is 25.5. The zero-order valence-corrected chi connectivity index (χ0v) is 21.1. The van der Waals surface area contributed by atoms with E-state index in [-0.39, 0.29) is 23.8 Å². The number of ether oxygens (including phenoxy) is 1. The number of fused-ring (bicyclic) bond motifs is 1. The van der Waals surface area contributed by atoms with Gasteiger partial charge in [-0.25, -0.2) is 0 Å². The van der Waals surface area contributed by atoms with Crippen LogP contribution in [0.25, 0.3) is 0 Å². The van der Waals surface area contributed by atoms with Gasteiger partial charge in [0, 0.05) is 19.0 Å². The lowest BCUT2D eigenvalue weighted by molar-refractivity contribution is -0.124. The SMILES string of the molecule is CN[C@@H](C)C(=O)NC[C@H]1CCc2ccc(OCCc3ccccc3)cc2N(Cc2ccccc2)C1=O. The van der Waals surface area contributed by atoms with Crippen molar-refractivity contribution in [3.63, 3.8) is 0 Å². The van der Waals surface area contributed by atoms with Gasteiger partial charge in [-0.15, -0.1) is 0 Å². The highest BCUT2D eigenvalue weighted by Crippen LogP contribution is 2.34. The van der Waals surface area contributed by atoms with E-state index in [0.717, 1.165) is 35.4 Å². The van der Waals surface area contributed by atoms with Crippen LogP contribution in [0.5, 0.6) is 5.75 Å². The second-order valence-corrected chi connectivity index (χ2v) is 9.28. The number of nitrogens with zero attached hydrogens (tertiary/aromatic N) is 1. The number of likely N-dealkylation sites (N-methyl/N-ethyl adjacent to an activating group) is 1. The predicted octanol–water partition coefficient (Wildman–Crippen LogP) is 4.13. The van der Waals surface area contributed by atoms with Crippen molar-refractivity contribution in [1.29, 1.82) is 0 Å². The van der Waals surface area contributed by atoms with Crippen LogP contribution in [0.1, 0.15) is 30.0 Å². The zero-order valence-electron chi connectivity index (χ0n) is 21.1. The molecule has 6 heteroatoms. The molecule has 6 nitrogen and oxygen atoms in total. The van der Waals surface area contributed by atoms with E-state index in [9.17, 15) is 9.59 Å². The summed E-state index contributed by atoms with van der Waals surface area (Å²) in [7, 11) is 1.75. The molecule has 0 bridgehead atoms. The average molecular weight is 486 g/mol. The van der Waals surface area contributed by atoms with Crippen molar-refractivity contribution in [3.8, 4) is 5.75 Å². The first-order valence-corrected chi connectivity index (χ1v) is 12.6. The van der Waals surface area contributed by atoms with Crippen LogP contribution in [0.15, 0.2) is 78.9 Å². The summed E-state index contributed by atoms with van der Waals surface area (Å²) in [5.41, 5.74) is 4.29. The Hall–Kier alpha value is -3.64. The largest absolute Gasteiger partial charge is 0.493 e. The van der Waals surface area contributed by atoms with E-state index in [2.05, 4.69) is 28.8 Å². The van der Waals surface area contributed by atoms with Crippen LogP contribution in [-0.2, 0) is 29.0 Å². The third-order valence-electron chi connectivity index (χ3n) is 6.76. The molecule has 4 rings (SSSR count). The smallest absolute Gasteiger partial charge is 0.236 e. The van der Waals surface area contributed by atoms with E-state index >= 15 is 0 Å². The molecule has 0 saturated carbocycles. The summed E-state index contributed by atoms with van der Waals surface area (Å²) in [5, 5.41) is 5.90. The van der Waals surface area contributed by atoms with Crippen molar-refractivity contribution >= 4 is 17.5 Å². The van der Waals surface area contributed by atoms with Gasteiger partial charge in [-0.2, -0.15) is 0 Å². The molecule has 0 aromatic heterocycles. The maximum absolute atomic E-state index is 13.8. The van der Waals surface area contributed by atoms with Crippen molar-refractivity contribution in [3.05, 3.63) is 95.6 Å². The Labute approximate surface area is 213 Å². The lowest BCUT2D eigenvalue weighted by Gasteiger charge is -2.27. The molecule has 2 N–H and O–H groups in total. The number of benzene rings is 3. The van der Waals surface area contributed by atoms with Gasteiger partial charge in [-0.3, -0.25) is 9.59 Å². The number of carbonyl (C=O) groups is 2. The van der Waals surface area contributed by atoms with E-state index in [1.807, 2.05) is 65.6 Å². The highest BCUT2D eigenvalue weighted by molar-refractivity contribution is 5.97. The quantitative estimate of drug-likeness (QED) is 0.453. The van der Waals surface area contributed by atoms with Crippen LogP contribution >= 0.6 is 0 Å². The molecule has 2 atom stereocenters. The Balaban J connectivity index is 1.53. The van der Waals surface area contributed by atoms with Crippen LogP contribution in [-0.4, -0.2) is 38.1 Å². The molecule has 36 heavy (non-hydrogen) atoms. The maximum atomic E-state index is 13.8. The standard InChI is InChI=1S/C30H35N3O3/c1-22(31-2)29(34)32-20-26-14-13-25-15-16-27(36-18-17-23-9-5-3-6-10-23)19-28(25)33(30(26)35)21-24-11-7-4-8-12-24/h3-12,15-16,19,22,26,31H,13-14,17-18,20-21H2,1-2H3,(H,32,34)/t22-,26+/m0/s1. The molecular weight excluding hydrogens is 450 g/mol. The Kier molecular flexibility index (Phi) is 8.74. The molecule has 0 spiro atoms. The third kappa shape index (κ3) is 6.52. The minimum atomic E-state index is -0.306. The van der Waals surface area contributed by atoms with Crippen molar-refractivity contribution in [2.24, 2.45) is 5.92 Å². The summed E-state index contributed by atoms with van der Waals surface area (Å²) >= 11 is 0. The lowest BCUT2D eigenvalue weighted by atomic mass is 10.00. The Morgan fingerprint density at radius 2 is 1.72 bits per heavy atom. The second kappa shape index (κ2) is 12.4. The second-order valence-electron chi connectivity index (χ2n) is 9.28. The predicted molar refractivity (Wildman–Crippen MR) is 143 cm³/mol. The van der Waals surface area contributed by atoms with Gasteiger partial charge in [0.25, 0.3) is 0 Å². The maximum Gasteiger partial charge on any atom is 0.236 e. The van der Waals surface area contributed by atoms with Crippen molar-refractivity contribution in [1.82, 2.24) is 10.6 Å². The monoisotopic (exact) mass is 485 g/mol. The van der Waals surface area contributed by atoms with Gasteiger partial charge in [0.1, 0.15) is 5.75 Å². The Bertz CT molecular complexity index is 1150. The van der Waals surface area contributed by atoms with Gasteiger partial charge in [-0.1, -0.05) is 66.7 Å². The molecular formula is C30H35N3O3. The van der Waals surface area contributed by atoms with Gasteiger partial charge in [0.15, 0.2) is 0 Å². The van der Waals surface area contributed by atoms with Gasteiger partial charge in [0.2, 0.25) is 11.8 Å². The molecule has 3 aromatic rings. The van der Waals surface area contributed by atoms with E-state index < -0.39 is 0 Å². The number of hydrogen-bond donors (Lipinski definition) is 2. The highest BCUT2D eigenvalue weighted by Gasteiger charge is 2.31. The Morgan fingerprint density at radius 1 is 1.03 bits per heavy atom. The van der Waals surface area contributed by atoms with Gasteiger partial charge < -0.3 is 20.3 Å². The summed E-state index contributed by atoms with van der Waals surface area (Å²) in [6.07, 6.45) is 2.26. The first-order chi connectivity index (χ1) is 17.5. The summed E-state index contributed by atoms with van der Waals surface area (Å²) in [6.45, 7) is 3.16. The lowest BCUT2D eigenvalue weighted by Crippen LogP contribution is -2.45. The first-order valence-electron chi connectivity index (χ1n) is 12.6. The zero-order chi connectivity index (χ0) is 25.3. The van der Waals surface area contributed by atoms with E-state index in [0.29, 0.717) is 26.1 Å². The van der Waals surface area contributed by atoms with Crippen LogP contribution in [0.2, 0.25) is 0 Å². The molecule has 1 heterocycles. The fourth-order valence-electron chi connectivity index (χ4n) is 4.45. The molecule has 1 aliphatic heterocycles. The fraction of sp³-hybridized carbons (Fsp3) is 0.333. The summed E-state index contributed by atoms with van der Waals surface area (Å²) in [4.78, 5) is 28.0. The normalized spacial score (nSPS) is 16.1. The van der Waals surface area contributed by atoms with Crippen molar-refractivity contribution in [2.75, 3.05) is 25.1 Å². The van der Waals surface area contributed by atoms with Gasteiger partial charge in [-0.05, 0) is 49.6 Å². The molecule has 0 saturated heterocycles. The number of hydrogen-bond acceptors (Lipinski definition) is 4. The van der Waals surface area contributed by atoms with E-state index in [1.165, 1.54) is 5.56 Å². The number of nitrogens with one attached hydrogen (secondary N) is 2. The van der Waals surface area contributed by atoms with E-state index in [1.54, 1.807) is 14.0 Å². The van der Waals surface area contributed by atoms with Crippen LogP contribution in [0.3, 0.4) is 0 Å². The molecule has 1 aliphatic rings. The topological polar surface area (TPSA) is 70.7 Å². The molecule has 2 amide bonds. The van der Waals surface area contributed by atoms with Crippen LogP contribution in [0, 0.1) is 5.92 Å². The third-order valence-corrected chi connectivity index (χ3v) is 6.76. The van der Waals surface area contributed by atoms with Crippen LogP contribution < -0.4 is 20.3 Å². The van der Waals surface area contributed by atoms with Crippen molar-refractivity contribution < 1.29 is 14.3 Å². The van der Waals surface area contributed by atoms with Gasteiger partial charge in [0.05, 0.1) is 30.8 Å². The summed E-state index contributed by atoms with van der Waals surface area (Å²) in [6, 6.07) is 26.0. The fourth-order valence-corrected chi connectivity index (χ4v) is 4.45. The highest BCUT2D eigenvalue weighted by atomic mass is 16.5. The molecule has 0 aliphatic carbocycles. The molecule has 0 unspecified atom stereocenters. The van der Waals surface area contributed by atoms with Crippen LogP contribution in [0.4, 0.5) is 5.69 Å². The summed E-state index contributed by atoms with van der Waals surface area (Å²) in [5.74, 6) is 0.383. The number of amides is 2. The van der Waals surface area contributed by atoms with Gasteiger partial charge >= 0.3 is 0 Å². The number of rotatable bonds is 10. The molecule has 0 radical (unpaired) electrons. The molecule has 188 valence electrons. The number of carbonyl (C=O) groups excluding carboxylic acids is 2. The number of aryl methyl sites for hydroxylation is 1. The Morgan fingerprint density at radius 3 is 2.42 bits per heavy atom. The van der Waals surface area contributed by atoms with E-state index in [4.69, 9.17) is 4.74 Å². The summed E-state index contributed by atoms with van der Waals surface area (Å²) < 4.78 is 6.09. The minimum Gasteiger partial charge on any atom is -0.493 e. The molecule has 0 fully saturated rings. The number of anilines is 1. The van der Waals surface area contributed by atoms with Crippen molar-refractivity contribution in [2.45, 2.75) is 38.8 Å². The minimum absolute atomic E-state index is 0.0245. The molecule has 3 aromatic carbocycles.